The maximum atomic E-state index is 13.8. The molecule has 1 aliphatic heterocycles. The number of rotatable bonds is 4. The van der Waals surface area contributed by atoms with E-state index in [1.165, 1.54) is 23.1 Å². The van der Waals surface area contributed by atoms with Crippen molar-refractivity contribution in [3.8, 4) is 0 Å². The molecule has 1 atom stereocenters. The number of hydrogen-bond donors (Lipinski definition) is 2. The summed E-state index contributed by atoms with van der Waals surface area (Å²) in [6, 6.07) is 17.5. The minimum absolute atomic E-state index is 0.122. The monoisotopic (exact) mass is 404 g/mol. The second-order valence-corrected chi connectivity index (χ2v) is 7.48. The van der Waals surface area contributed by atoms with Crippen LogP contribution in [0.25, 0.3) is 0 Å². The molecule has 0 bridgehead atoms. The van der Waals surface area contributed by atoms with Crippen molar-refractivity contribution in [2.24, 2.45) is 0 Å². The lowest BCUT2D eigenvalue weighted by Gasteiger charge is -2.23. The first kappa shape index (κ1) is 19.8. The SMILES string of the molecule is Cc1ccc(NC(=O)CN2C(=O)[C@@](O)(c3cccc(F)c3)c3ccccc32)cc1C. The highest BCUT2D eigenvalue weighted by Gasteiger charge is 2.51. The maximum absolute atomic E-state index is 13.8. The minimum Gasteiger partial charge on any atom is -0.372 e. The Morgan fingerprint density at radius 2 is 1.80 bits per heavy atom. The van der Waals surface area contributed by atoms with Gasteiger partial charge >= 0.3 is 0 Å². The van der Waals surface area contributed by atoms with Gasteiger partial charge in [-0.2, -0.15) is 0 Å². The Hall–Kier alpha value is -3.51. The van der Waals surface area contributed by atoms with Crippen LogP contribution in [-0.2, 0) is 15.2 Å². The number of fused-ring (bicyclic) bond motifs is 1. The molecule has 0 saturated carbocycles. The zero-order valence-corrected chi connectivity index (χ0v) is 16.6. The lowest BCUT2D eigenvalue weighted by molar-refractivity contribution is -0.133. The van der Waals surface area contributed by atoms with Gasteiger partial charge in [-0.05, 0) is 55.3 Å². The molecule has 0 saturated heterocycles. The molecule has 0 spiro atoms. The van der Waals surface area contributed by atoms with Crippen molar-refractivity contribution in [3.05, 3.63) is 94.8 Å². The van der Waals surface area contributed by atoms with Gasteiger partial charge in [0.25, 0.3) is 5.91 Å². The first-order valence-electron chi connectivity index (χ1n) is 9.57. The molecule has 0 fully saturated rings. The van der Waals surface area contributed by atoms with E-state index in [-0.39, 0.29) is 12.1 Å². The van der Waals surface area contributed by atoms with E-state index < -0.39 is 23.2 Å². The Kier molecular flexibility index (Phi) is 4.87. The van der Waals surface area contributed by atoms with Gasteiger partial charge in [0.05, 0.1) is 5.69 Å². The van der Waals surface area contributed by atoms with E-state index >= 15 is 0 Å². The van der Waals surface area contributed by atoms with Gasteiger partial charge in [-0.3, -0.25) is 14.5 Å². The number of nitrogens with zero attached hydrogens (tertiary/aromatic N) is 1. The van der Waals surface area contributed by atoms with Crippen LogP contribution in [0.1, 0.15) is 22.3 Å². The maximum Gasteiger partial charge on any atom is 0.268 e. The molecule has 2 amide bonds. The Balaban J connectivity index is 1.65. The number of para-hydroxylation sites is 1. The van der Waals surface area contributed by atoms with Gasteiger partial charge in [0.2, 0.25) is 5.91 Å². The molecular formula is C24H21FN2O3. The summed E-state index contributed by atoms with van der Waals surface area (Å²) >= 11 is 0. The van der Waals surface area contributed by atoms with Crippen molar-refractivity contribution in [1.82, 2.24) is 0 Å². The molecule has 1 heterocycles. The molecule has 152 valence electrons. The first-order valence-corrected chi connectivity index (χ1v) is 9.57. The fourth-order valence-electron chi connectivity index (χ4n) is 3.75. The number of amides is 2. The van der Waals surface area contributed by atoms with Crippen LogP contribution in [0.4, 0.5) is 15.8 Å². The van der Waals surface area contributed by atoms with Crippen molar-refractivity contribution >= 4 is 23.2 Å². The summed E-state index contributed by atoms with van der Waals surface area (Å²) in [5, 5.41) is 14.1. The average molecular weight is 404 g/mol. The van der Waals surface area contributed by atoms with Gasteiger partial charge in [-0.25, -0.2) is 4.39 Å². The van der Waals surface area contributed by atoms with Crippen molar-refractivity contribution < 1.29 is 19.1 Å². The molecule has 0 radical (unpaired) electrons. The Labute approximate surface area is 173 Å². The molecule has 5 nitrogen and oxygen atoms in total. The van der Waals surface area contributed by atoms with Crippen LogP contribution in [0, 0.1) is 19.7 Å². The van der Waals surface area contributed by atoms with Gasteiger partial charge in [0, 0.05) is 16.8 Å². The second kappa shape index (κ2) is 7.39. The third kappa shape index (κ3) is 3.25. The molecule has 3 aromatic rings. The van der Waals surface area contributed by atoms with Gasteiger partial charge in [-0.1, -0.05) is 36.4 Å². The normalized spacial score (nSPS) is 17.7. The highest BCUT2D eigenvalue weighted by Crippen LogP contribution is 2.44. The van der Waals surface area contributed by atoms with E-state index in [1.807, 2.05) is 26.0 Å². The highest BCUT2D eigenvalue weighted by atomic mass is 19.1. The lowest BCUT2D eigenvalue weighted by atomic mass is 9.87. The van der Waals surface area contributed by atoms with Gasteiger partial charge < -0.3 is 10.4 Å². The number of nitrogens with one attached hydrogen (secondary N) is 1. The van der Waals surface area contributed by atoms with Crippen LogP contribution >= 0.6 is 0 Å². The predicted molar refractivity (Wildman–Crippen MR) is 113 cm³/mol. The summed E-state index contributed by atoms with van der Waals surface area (Å²) < 4.78 is 13.8. The van der Waals surface area contributed by atoms with E-state index in [2.05, 4.69) is 5.32 Å². The van der Waals surface area contributed by atoms with E-state index in [0.29, 0.717) is 16.9 Å². The fraction of sp³-hybridized carbons (Fsp3) is 0.167. The third-order valence-corrected chi connectivity index (χ3v) is 5.47. The Morgan fingerprint density at radius 3 is 2.53 bits per heavy atom. The van der Waals surface area contributed by atoms with E-state index in [0.717, 1.165) is 17.2 Å². The third-order valence-electron chi connectivity index (χ3n) is 5.47. The van der Waals surface area contributed by atoms with Crippen molar-refractivity contribution in [1.29, 1.82) is 0 Å². The molecule has 4 rings (SSSR count). The van der Waals surface area contributed by atoms with Crippen molar-refractivity contribution in [2.75, 3.05) is 16.8 Å². The largest absolute Gasteiger partial charge is 0.372 e. The number of aryl methyl sites for hydroxylation is 2. The average Bonchev–Trinajstić information content (AvgIpc) is 2.94. The predicted octanol–water partition coefficient (Wildman–Crippen LogP) is 3.66. The summed E-state index contributed by atoms with van der Waals surface area (Å²) in [5.74, 6) is -1.65. The van der Waals surface area contributed by atoms with Crippen LogP contribution < -0.4 is 10.2 Å². The molecule has 0 unspecified atom stereocenters. The number of anilines is 2. The number of benzene rings is 3. The van der Waals surface area contributed by atoms with Crippen LogP contribution in [-0.4, -0.2) is 23.5 Å². The quantitative estimate of drug-likeness (QED) is 0.697. The molecule has 2 N–H and O–H groups in total. The van der Waals surface area contributed by atoms with Crippen LogP contribution in [0.15, 0.2) is 66.7 Å². The highest BCUT2D eigenvalue weighted by molar-refractivity contribution is 6.12. The second-order valence-electron chi connectivity index (χ2n) is 7.48. The van der Waals surface area contributed by atoms with Gasteiger partial charge in [0.15, 0.2) is 5.60 Å². The number of carbonyl (C=O) groups is 2. The standard InChI is InChI=1S/C24H21FN2O3/c1-15-10-11-19(12-16(15)2)26-22(28)14-27-21-9-4-3-8-20(21)24(30,23(27)29)17-6-5-7-18(25)13-17/h3-13,30H,14H2,1-2H3,(H,26,28)/t24-/m1/s1. The number of hydrogen-bond acceptors (Lipinski definition) is 3. The van der Waals surface area contributed by atoms with Gasteiger partial charge in [-0.15, -0.1) is 0 Å². The molecule has 1 aliphatic rings. The molecule has 0 aliphatic carbocycles. The molecule has 3 aromatic carbocycles. The summed E-state index contributed by atoms with van der Waals surface area (Å²) in [7, 11) is 0. The van der Waals surface area contributed by atoms with E-state index in [9.17, 15) is 19.1 Å². The number of carbonyl (C=O) groups excluding carboxylic acids is 2. The Morgan fingerprint density at radius 1 is 1.03 bits per heavy atom. The van der Waals surface area contributed by atoms with Crippen LogP contribution in [0.2, 0.25) is 0 Å². The molecule has 0 aromatic heterocycles. The van der Waals surface area contributed by atoms with Crippen molar-refractivity contribution in [2.45, 2.75) is 19.4 Å². The number of halogens is 1. The lowest BCUT2D eigenvalue weighted by Crippen LogP contribution is -2.44. The van der Waals surface area contributed by atoms with Crippen molar-refractivity contribution in [3.63, 3.8) is 0 Å². The summed E-state index contributed by atoms with van der Waals surface area (Å²) in [4.78, 5) is 27.2. The minimum atomic E-state index is -2.06. The van der Waals surface area contributed by atoms with Crippen LogP contribution in [0.3, 0.4) is 0 Å². The zero-order chi connectivity index (χ0) is 21.5. The zero-order valence-electron chi connectivity index (χ0n) is 16.6. The van der Waals surface area contributed by atoms with E-state index in [1.54, 1.807) is 30.3 Å². The molecule has 30 heavy (non-hydrogen) atoms. The first-order chi connectivity index (χ1) is 14.3. The fourth-order valence-corrected chi connectivity index (χ4v) is 3.75. The van der Waals surface area contributed by atoms with E-state index in [4.69, 9.17) is 0 Å². The Bertz CT molecular complexity index is 1160. The topological polar surface area (TPSA) is 69.6 Å². The smallest absolute Gasteiger partial charge is 0.268 e. The summed E-state index contributed by atoms with van der Waals surface area (Å²) in [6.07, 6.45) is 0. The molecular weight excluding hydrogens is 383 g/mol. The number of aliphatic hydroxyl groups is 1. The summed E-state index contributed by atoms with van der Waals surface area (Å²) in [5.41, 5.74) is 1.58. The molecule has 6 heteroatoms. The van der Waals surface area contributed by atoms with Crippen LogP contribution in [0.5, 0.6) is 0 Å². The van der Waals surface area contributed by atoms with Gasteiger partial charge in [0.1, 0.15) is 12.4 Å². The summed E-state index contributed by atoms with van der Waals surface area (Å²) in [6.45, 7) is 3.65.